The van der Waals surface area contributed by atoms with Gasteiger partial charge >= 0.3 is 0 Å². The number of hydrogen-bond donors (Lipinski definition) is 1. The molecule has 0 spiro atoms. The number of carbonyl (C=O) groups is 1. The summed E-state index contributed by atoms with van der Waals surface area (Å²) in [7, 11) is 1.93. The van der Waals surface area contributed by atoms with E-state index >= 15 is 0 Å². The average molecular weight is 304 g/mol. The Morgan fingerprint density at radius 1 is 1.24 bits per heavy atom. The molecular weight excluding hydrogens is 286 g/mol. The predicted molar refractivity (Wildman–Crippen MR) is 86.4 cm³/mol. The Morgan fingerprint density at radius 3 is 2.48 bits per heavy atom. The minimum atomic E-state index is -0.152. The highest BCUT2D eigenvalue weighted by molar-refractivity contribution is 6.31. The smallest absolute Gasteiger partial charge is 0.163 e. The molecule has 0 bridgehead atoms. The average Bonchev–Trinajstić information content (AvgIpc) is 2.45. The van der Waals surface area contributed by atoms with Gasteiger partial charge in [0.15, 0.2) is 5.78 Å². The first-order valence-electron chi connectivity index (χ1n) is 6.73. The lowest BCUT2D eigenvalue weighted by Gasteiger charge is -2.28. The normalized spacial score (nSPS) is 12.0. The second-order valence-electron chi connectivity index (χ2n) is 5.07. The Morgan fingerprint density at radius 2 is 1.90 bits per heavy atom. The zero-order valence-electron chi connectivity index (χ0n) is 12.3. The van der Waals surface area contributed by atoms with Gasteiger partial charge in [-0.15, -0.1) is 0 Å². The molecule has 0 saturated heterocycles. The van der Waals surface area contributed by atoms with Crippen LogP contribution in [0.25, 0.3) is 0 Å². The van der Waals surface area contributed by atoms with Crippen LogP contribution in [0.15, 0.2) is 42.5 Å². The van der Waals surface area contributed by atoms with Crippen molar-refractivity contribution in [3.63, 3.8) is 0 Å². The minimum absolute atomic E-state index is 0.00166. The molecule has 0 fully saturated rings. The zero-order chi connectivity index (χ0) is 15.6. The van der Waals surface area contributed by atoms with Gasteiger partial charge in [0.2, 0.25) is 0 Å². The molecule has 0 aliphatic rings. The van der Waals surface area contributed by atoms with E-state index in [4.69, 9.17) is 11.6 Å². The van der Waals surface area contributed by atoms with Crippen molar-refractivity contribution in [2.24, 2.45) is 0 Å². The highest BCUT2D eigenvalue weighted by Gasteiger charge is 2.16. The molecule has 1 atom stereocenters. The van der Waals surface area contributed by atoms with Gasteiger partial charge in [0, 0.05) is 23.8 Å². The van der Waals surface area contributed by atoms with Crippen molar-refractivity contribution in [1.82, 2.24) is 0 Å². The maximum Gasteiger partial charge on any atom is 0.163 e. The molecule has 0 heterocycles. The first kappa shape index (κ1) is 15.4. The molecular formula is C17H18ClNO2. The Bertz CT molecular complexity index is 670. The molecule has 0 aliphatic heterocycles. The van der Waals surface area contributed by atoms with Crippen LogP contribution in [0.4, 0.5) is 5.69 Å². The highest BCUT2D eigenvalue weighted by atomic mass is 35.5. The Labute approximate surface area is 129 Å². The first-order chi connectivity index (χ1) is 9.91. The molecule has 2 aromatic carbocycles. The van der Waals surface area contributed by atoms with E-state index in [-0.39, 0.29) is 17.6 Å². The molecule has 0 radical (unpaired) electrons. The van der Waals surface area contributed by atoms with Gasteiger partial charge in [0.1, 0.15) is 5.75 Å². The molecule has 1 N–H and O–H groups in total. The predicted octanol–water partition coefficient (Wildman–Crippen LogP) is 4.45. The van der Waals surface area contributed by atoms with Crippen LogP contribution in [0.2, 0.25) is 5.02 Å². The van der Waals surface area contributed by atoms with E-state index in [1.807, 2.05) is 49.2 Å². The number of hydrogen-bond acceptors (Lipinski definition) is 3. The fourth-order valence-electron chi connectivity index (χ4n) is 2.28. The summed E-state index contributed by atoms with van der Waals surface area (Å²) >= 11 is 6.23. The summed E-state index contributed by atoms with van der Waals surface area (Å²) in [4.78, 5) is 13.4. The second-order valence-corrected chi connectivity index (χ2v) is 5.47. The van der Waals surface area contributed by atoms with E-state index in [1.54, 1.807) is 12.1 Å². The van der Waals surface area contributed by atoms with Crippen LogP contribution in [0, 0.1) is 0 Å². The van der Waals surface area contributed by atoms with E-state index in [0.29, 0.717) is 10.6 Å². The van der Waals surface area contributed by atoms with Crippen LogP contribution < -0.4 is 4.90 Å². The molecule has 0 aliphatic carbocycles. The van der Waals surface area contributed by atoms with Crippen LogP contribution in [0.1, 0.15) is 35.8 Å². The van der Waals surface area contributed by atoms with E-state index in [2.05, 4.69) is 0 Å². The number of carbonyl (C=O) groups excluding carboxylic acids is 1. The van der Waals surface area contributed by atoms with Gasteiger partial charge < -0.3 is 10.0 Å². The van der Waals surface area contributed by atoms with Gasteiger partial charge in [-0.05, 0) is 37.6 Å². The molecule has 0 saturated carbocycles. The molecule has 2 aromatic rings. The number of rotatable bonds is 4. The zero-order valence-corrected chi connectivity index (χ0v) is 13.1. The van der Waals surface area contributed by atoms with Crippen molar-refractivity contribution < 1.29 is 9.90 Å². The second kappa shape index (κ2) is 6.19. The fraction of sp³-hybridized carbons (Fsp3) is 0.235. The highest BCUT2D eigenvalue weighted by Crippen LogP contribution is 2.32. The number of Topliss-reactive ketones (excluding diaryl/α,β-unsaturated/α-hetero) is 1. The standard InChI is InChI=1S/C17H18ClNO2/c1-11(14-6-4-5-7-16(14)18)19(3)13-8-9-15(12(2)20)17(21)10-13/h4-11,21H,1-3H3. The summed E-state index contributed by atoms with van der Waals surface area (Å²) in [6, 6.07) is 12.8. The fourth-order valence-corrected chi connectivity index (χ4v) is 2.58. The topological polar surface area (TPSA) is 40.5 Å². The summed E-state index contributed by atoms with van der Waals surface area (Å²) in [5.74, 6) is -0.154. The van der Waals surface area contributed by atoms with E-state index in [9.17, 15) is 9.90 Å². The number of nitrogens with zero attached hydrogens (tertiary/aromatic N) is 1. The van der Waals surface area contributed by atoms with Crippen LogP contribution in [-0.2, 0) is 0 Å². The lowest BCUT2D eigenvalue weighted by molar-refractivity contribution is 0.101. The van der Waals surface area contributed by atoms with Crippen molar-refractivity contribution in [2.75, 3.05) is 11.9 Å². The lowest BCUT2D eigenvalue weighted by atomic mass is 10.1. The van der Waals surface area contributed by atoms with Crippen LogP contribution >= 0.6 is 11.6 Å². The molecule has 21 heavy (non-hydrogen) atoms. The third kappa shape index (κ3) is 3.19. The van der Waals surface area contributed by atoms with Gasteiger partial charge in [-0.25, -0.2) is 0 Å². The monoisotopic (exact) mass is 303 g/mol. The molecule has 110 valence electrons. The molecule has 2 rings (SSSR count). The summed E-state index contributed by atoms with van der Waals surface area (Å²) < 4.78 is 0. The number of anilines is 1. The van der Waals surface area contributed by atoms with Crippen LogP contribution in [0.3, 0.4) is 0 Å². The van der Waals surface area contributed by atoms with Crippen molar-refractivity contribution >= 4 is 23.1 Å². The summed E-state index contributed by atoms with van der Waals surface area (Å²) in [6.45, 7) is 3.47. The number of benzene rings is 2. The van der Waals surface area contributed by atoms with Gasteiger partial charge in [-0.1, -0.05) is 29.8 Å². The summed E-state index contributed by atoms with van der Waals surface area (Å²) in [5.41, 5.74) is 2.17. The minimum Gasteiger partial charge on any atom is -0.507 e. The van der Waals surface area contributed by atoms with Crippen LogP contribution in [-0.4, -0.2) is 17.9 Å². The Balaban J connectivity index is 2.32. The van der Waals surface area contributed by atoms with E-state index < -0.39 is 0 Å². The van der Waals surface area contributed by atoms with Gasteiger partial charge in [0.05, 0.1) is 11.6 Å². The van der Waals surface area contributed by atoms with Gasteiger partial charge in [0.25, 0.3) is 0 Å². The number of phenolic OH excluding ortho intramolecular Hbond substituents is 1. The lowest BCUT2D eigenvalue weighted by Crippen LogP contribution is -2.21. The Hall–Kier alpha value is -2.00. The summed E-state index contributed by atoms with van der Waals surface area (Å²) in [6.07, 6.45) is 0. The molecule has 1 unspecified atom stereocenters. The third-order valence-corrected chi connectivity index (χ3v) is 4.05. The molecule has 4 heteroatoms. The van der Waals surface area contributed by atoms with Crippen molar-refractivity contribution in [2.45, 2.75) is 19.9 Å². The first-order valence-corrected chi connectivity index (χ1v) is 7.11. The van der Waals surface area contributed by atoms with Crippen molar-refractivity contribution in [3.8, 4) is 5.75 Å². The number of halogens is 1. The maximum atomic E-state index is 11.4. The van der Waals surface area contributed by atoms with Gasteiger partial charge in [-0.3, -0.25) is 4.79 Å². The number of phenols is 1. The van der Waals surface area contributed by atoms with Gasteiger partial charge in [-0.2, -0.15) is 0 Å². The maximum absolute atomic E-state index is 11.4. The summed E-state index contributed by atoms with van der Waals surface area (Å²) in [5, 5.41) is 10.7. The number of ketones is 1. The quantitative estimate of drug-likeness (QED) is 0.849. The van der Waals surface area contributed by atoms with E-state index in [1.165, 1.54) is 6.92 Å². The SMILES string of the molecule is CC(=O)c1ccc(N(C)C(C)c2ccccc2Cl)cc1O. The largest absolute Gasteiger partial charge is 0.507 e. The Kier molecular flexibility index (Phi) is 4.53. The molecule has 3 nitrogen and oxygen atoms in total. The van der Waals surface area contributed by atoms with Crippen LogP contribution in [0.5, 0.6) is 5.75 Å². The van der Waals surface area contributed by atoms with Crippen molar-refractivity contribution in [1.29, 1.82) is 0 Å². The molecule has 0 amide bonds. The third-order valence-electron chi connectivity index (χ3n) is 3.70. The van der Waals surface area contributed by atoms with E-state index in [0.717, 1.165) is 11.3 Å². The van der Waals surface area contributed by atoms with Crippen molar-refractivity contribution in [3.05, 3.63) is 58.6 Å². The number of aromatic hydroxyl groups is 1. The molecule has 0 aromatic heterocycles.